The van der Waals surface area contributed by atoms with Crippen molar-refractivity contribution in [2.75, 3.05) is 7.11 Å². The molecule has 2 rings (SSSR count). The molecule has 116 valence electrons. The smallest absolute Gasteiger partial charge is 0.337 e. The van der Waals surface area contributed by atoms with Gasteiger partial charge in [-0.15, -0.1) is 0 Å². The zero-order chi connectivity index (χ0) is 15.9. The van der Waals surface area contributed by atoms with Gasteiger partial charge in [-0.25, -0.2) is 13.6 Å². The molecule has 4 heteroatoms. The van der Waals surface area contributed by atoms with E-state index in [4.69, 9.17) is 0 Å². The van der Waals surface area contributed by atoms with Crippen molar-refractivity contribution in [3.8, 4) is 0 Å². The Labute approximate surface area is 128 Å². The molecule has 2 aromatic carbocycles. The molecule has 0 heterocycles. The van der Waals surface area contributed by atoms with Crippen LogP contribution in [0.15, 0.2) is 42.5 Å². The fraction of sp³-hybridized carbons (Fsp3) is 0.278. The molecule has 0 aliphatic carbocycles. The lowest BCUT2D eigenvalue weighted by Crippen LogP contribution is -2.01. The highest BCUT2D eigenvalue weighted by Crippen LogP contribution is 2.14. The van der Waals surface area contributed by atoms with Crippen LogP contribution < -0.4 is 0 Å². The molecule has 0 saturated carbocycles. The van der Waals surface area contributed by atoms with E-state index in [0.29, 0.717) is 17.5 Å². The fourth-order valence-corrected chi connectivity index (χ4v) is 2.29. The maximum atomic E-state index is 13.5. The van der Waals surface area contributed by atoms with Gasteiger partial charge in [-0.1, -0.05) is 18.2 Å². The molecule has 0 spiro atoms. The third kappa shape index (κ3) is 4.38. The molecule has 0 N–H and O–H groups in total. The molecule has 0 fully saturated rings. The highest BCUT2D eigenvalue weighted by molar-refractivity contribution is 5.89. The van der Waals surface area contributed by atoms with Gasteiger partial charge >= 0.3 is 5.97 Å². The second-order valence-corrected chi connectivity index (χ2v) is 5.13. The van der Waals surface area contributed by atoms with E-state index in [0.717, 1.165) is 30.9 Å². The molecule has 22 heavy (non-hydrogen) atoms. The van der Waals surface area contributed by atoms with Crippen LogP contribution in [0, 0.1) is 11.6 Å². The number of ether oxygens (including phenoxy) is 1. The first kappa shape index (κ1) is 16.1. The highest BCUT2D eigenvalue weighted by atomic mass is 19.1. The summed E-state index contributed by atoms with van der Waals surface area (Å²) in [6.45, 7) is 0. The summed E-state index contributed by atoms with van der Waals surface area (Å²) < 4.78 is 30.9. The minimum Gasteiger partial charge on any atom is -0.465 e. The Morgan fingerprint density at radius 3 is 2.32 bits per heavy atom. The lowest BCUT2D eigenvalue weighted by Gasteiger charge is -2.05. The summed E-state index contributed by atoms with van der Waals surface area (Å²) in [5.41, 5.74) is 2.19. The molecule has 2 nitrogen and oxygen atoms in total. The number of carbonyl (C=O) groups excluding carboxylic acids is 1. The van der Waals surface area contributed by atoms with E-state index in [-0.39, 0.29) is 5.97 Å². The van der Waals surface area contributed by atoms with Gasteiger partial charge in [0, 0.05) is 6.07 Å². The lowest BCUT2D eigenvalue weighted by molar-refractivity contribution is 0.0600. The summed E-state index contributed by atoms with van der Waals surface area (Å²) in [5.74, 6) is -1.38. The third-order valence-electron chi connectivity index (χ3n) is 3.55. The van der Waals surface area contributed by atoms with Crippen LogP contribution in [0.25, 0.3) is 0 Å². The number of halogens is 2. The topological polar surface area (TPSA) is 26.3 Å². The Morgan fingerprint density at radius 2 is 1.68 bits per heavy atom. The van der Waals surface area contributed by atoms with Gasteiger partial charge in [-0.2, -0.15) is 0 Å². The van der Waals surface area contributed by atoms with E-state index < -0.39 is 11.6 Å². The van der Waals surface area contributed by atoms with Gasteiger partial charge in [0.05, 0.1) is 12.7 Å². The zero-order valence-electron chi connectivity index (χ0n) is 12.4. The van der Waals surface area contributed by atoms with Crippen molar-refractivity contribution in [1.29, 1.82) is 0 Å². The van der Waals surface area contributed by atoms with Crippen molar-refractivity contribution in [2.24, 2.45) is 0 Å². The molecule has 0 atom stereocenters. The lowest BCUT2D eigenvalue weighted by atomic mass is 10.0. The summed E-state index contributed by atoms with van der Waals surface area (Å²) in [7, 11) is 1.35. The van der Waals surface area contributed by atoms with Crippen LogP contribution >= 0.6 is 0 Å². The van der Waals surface area contributed by atoms with Crippen LogP contribution in [0.1, 0.15) is 34.3 Å². The number of hydrogen-bond acceptors (Lipinski definition) is 2. The first-order valence-electron chi connectivity index (χ1n) is 7.21. The molecule has 0 radical (unpaired) electrons. The van der Waals surface area contributed by atoms with Gasteiger partial charge in [-0.05, 0) is 55.0 Å². The second kappa shape index (κ2) is 7.69. The fourth-order valence-electron chi connectivity index (χ4n) is 2.29. The van der Waals surface area contributed by atoms with Gasteiger partial charge in [0.15, 0.2) is 0 Å². The Bertz CT molecular complexity index is 636. The molecule has 0 bridgehead atoms. The number of hydrogen-bond donors (Lipinski definition) is 0. The number of rotatable bonds is 6. The SMILES string of the molecule is COC(=O)c1ccc(CCCCc2ccc(F)cc2F)cc1. The van der Waals surface area contributed by atoms with Gasteiger partial charge in [0.2, 0.25) is 0 Å². The van der Waals surface area contributed by atoms with Crippen molar-refractivity contribution < 1.29 is 18.3 Å². The van der Waals surface area contributed by atoms with Crippen molar-refractivity contribution in [3.63, 3.8) is 0 Å². The average Bonchev–Trinajstić information content (AvgIpc) is 2.53. The maximum absolute atomic E-state index is 13.5. The maximum Gasteiger partial charge on any atom is 0.337 e. The first-order valence-corrected chi connectivity index (χ1v) is 7.21. The Kier molecular flexibility index (Phi) is 5.64. The van der Waals surface area contributed by atoms with Crippen molar-refractivity contribution in [2.45, 2.75) is 25.7 Å². The van der Waals surface area contributed by atoms with E-state index in [9.17, 15) is 13.6 Å². The first-order chi connectivity index (χ1) is 10.6. The number of esters is 1. The molecule has 0 aliphatic rings. The monoisotopic (exact) mass is 304 g/mol. The summed E-state index contributed by atoms with van der Waals surface area (Å²) in [4.78, 5) is 11.3. The van der Waals surface area contributed by atoms with Crippen LogP contribution in [0.2, 0.25) is 0 Å². The predicted octanol–water partition coefficient (Wildman–Crippen LogP) is 4.32. The normalized spacial score (nSPS) is 10.5. The number of carbonyl (C=O) groups is 1. The number of methoxy groups -OCH3 is 1. The van der Waals surface area contributed by atoms with Gasteiger partial charge in [-0.3, -0.25) is 0 Å². The quantitative estimate of drug-likeness (QED) is 0.587. The standard InChI is InChI=1S/C18H18F2O2/c1-22-18(21)15-8-6-13(7-9-15)4-2-3-5-14-10-11-16(19)12-17(14)20/h6-12H,2-5H2,1H3. The molecule has 0 aliphatic heterocycles. The number of benzene rings is 2. The summed E-state index contributed by atoms with van der Waals surface area (Å²) in [5, 5.41) is 0. The molecule has 0 amide bonds. The molecular formula is C18H18F2O2. The van der Waals surface area contributed by atoms with Crippen molar-refractivity contribution in [3.05, 3.63) is 70.8 Å². The van der Waals surface area contributed by atoms with Crippen LogP contribution in [0.5, 0.6) is 0 Å². The largest absolute Gasteiger partial charge is 0.465 e. The van der Waals surface area contributed by atoms with Crippen LogP contribution in [-0.2, 0) is 17.6 Å². The molecule has 0 aromatic heterocycles. The zero-order valence-corrected chi connectivity index (χ0v) is 12.4. The van der Waals surface area contributed by atoms with Crippen LogP contribution in [0.4, 0.5) is 8.78 Å². The summed E-state index contributed by atoms with van der Waals surface area (Å²) >= 11 is 0. The third-order valence-corrected chi connectivity index (χ3v) is 3.55. The summed E-state index contributed by atoms with van der Waals surface area (Å²) in [6, 6.07) is 11.0. The van der Waals surface area contributed by atoms with E-state index in [1.165, 1.54) is 19.2 Å². The van der Waals surface area contributed by atoms with E-state index in [2.05, 4.69) is 4.74 Å². The minimum absolute atomic E-state index is 0.349. The minimum atomic E-state index is -0.549. The number of unbranched alkanes of at least 4 members (excludes halogenated alkanes) is 1. The van der Waals surface area contributed by atoms with E-state index in [1.807, 2.05) is 12.1 Å². The average molecular weight is 304 g/mol. The van der Waals surface area contributed by atoms with Crippen molar-refractivity contribution in [1.82, 2.24) is 0 Å². The predicted molar refractivity (Wildman–Crippen MR) is 80.8 cm³/mol. The second-order valence-electron chi connectivity index (χ2n) is 5.13. The highest BCUT2D eigenvalue weighted by Gasteiger charge is 2.05. The van der Waals surface area contributed by atoms with Crippen LogP contribution in [0.3, 0.4) is 0 Å². The molecule has 0 saturated heterocycles. The van der Waals surface area contributed by atoms with Gasteiger partial charge in [0.25, 0.3) is 0 Å². The van der Waals surface area contributed by atoms with Gasteiger partial charge < -0.3 is 4.74 Å². The summed E-state index contributed by atoms with van der Waals surface area (Å²) in [6.07, 6.45) is 3.16. The van der Waals surface area contributed by atoms with Crippen LogP contribution in [-0.4, -0.2) is 13.1 Å². The molecule has 2 aromatic rings. The number of aryl methyl sites for hydroxylation is 2. The Balaban J connectivity index is 1.80. The molecular weight excluding hydrogens is 286 g/mol. The van der Waals surface area contributed by atoms with E-state index in [1.54, 1.807) is 12.1 Å². The van der Waals surface area contributed by atoms with Gasteiger partial charge in [0.1, 0.15) is 11.6 Å². The Morgan fingerprint density at radius 1 is 1.00 bits per heavy atom. The Hall–Kier alpha value is -2.23. The van der Waals surface area contributed by atoms with E-state index >= 15 is 0 Å². The molecule has 0 unspecified atom stereocenters. The van der Waals surface area contributed by atoms with Crippen molar-refractivity contribution >= 4 is 5.97 Å².